The monoisotopic (exact) mass is 364 g/mol. The SMILES string of the molecule is O=C(Nc1cc(Br)cc(C(F)(F)F)c1)N1CCCCCC1. The minimum Gasteiger partial charge on any atom is -0.325 e. The van der Waals surface area contributed by atoms with E-state index < -0.39 is 11.7 Å². The minimum absolute atomic E-state index is 0.144. The number of anilines is 1. The first-order valence-electron chi connectivity index (χ1n) is 6.80. The summed E-state index contributed by atoms with van der Waals surface area (Å²) in [5, 5.41) is 2.55. The summed E-state index contributed by atoms with van der Waals surface area (Å²) in [4.78, 5) is 13.8. The van der Waals surface area contributed by atoms with Gasteiger partial charge in [0.1, 0.15) is 0 Å². The summed E-state index contributed by atoms with van der Waals surface area (Å²) < 4.78 is 38.5. The van der Waals surface area contributed by atoms with Crippen molar-refractivity contribution in [1.29, 1.82) is 0 Å². The van der Waals surface area contributed by atoms with Crippen LogP contribution in [0.25, 0.3) is 0 Å². The van der Waals surface area contributed by atoms with Gasteiger partial charge in [-0.3, -0.25) is 0 Å². The predicted octanol–water partition coefficient (Wildman–Crippen LogP) is 4.88. The summed E-state index contributed by atoms with van der Waals surface area (Å²) in [6.07, 6.45) is -0.414. The summed E-state index contributed by atoms with van der Waals surface area (Å²) in [5.41, 5.74) is -0.644. The van der Waals surface area contributed by atoms with Crippen molar-refractivity contribution in [2.24, 2.45) is 0 Å². The Morgan fingerprint density at radius 3 is 2.29 bits per heavy atom. The topological polar surface area (TPSA) is 32.3 Å². The van der Waals surface area contributed by atoms with E-state index in [1.54, 1.807) is 4.90 Å². The largest absolute Gasteiger partial charge is 0.416 e. The number of alkyl halides is 3. The van der Waals surface area contributed by atoms with Crippen LogP contribution in [0, 0.1) is 0 Å². The fraction of sp³-hybridized carbons (Fsp3) is 0.500. The summed E-state index contributed by atoms with van der Waals surface area (Å²) in [6.45, 7) is 1.29. The smallest absolute Gasteiger partial charge is 0.325 e. The third kappa shape index (κ3) is 4.62. The van der Waals surface area contributed by atoms with Crippen LogP contribution in [0.5, 0.6) is 0 Å². The molecule has 2 rings (SSSR count). The molecule has 0 radical (unpaired) electrons. The van der Waals surface area contributed by atoms with Crippen LogP contribution in [0.15, 0.2) is 22.7 Å². The molecule has 1 aliphatic heterocycles. The molecule has 21 heavy (non-hydrogen) atoms. The van der Waals surface area contributed by atoms with Crippen molar-refractivity contribution >= 4 is 27.6 Å². The molecule has 1 heterocycles. The number of carbonyl (C=O) groups excluding carboxylic acids is 1. The van der Waals surface area contributed by atoms with E-state index in [1.165, 1.54) is 6.07 Å². The molecule has 2 amide bonds. The lowest BCUT2D eigenvalue weighted by Gasteiger charge is -2.21. The van der Waals surface area contributed by atoms with Crippen LogP contribution in [0.1, 0.15) is 31.2 Å². The van der Waals surface area contributed by atoms with Gasteiger partial charge in [0.05, 0.1) is 5.56 Å². The van der Waals surface area contributed by atoms with Crippen molar-refractivity contribution in [1.82, 2.24) is 4.90 Å². The molecule has 3 nitrogen and oxygen atoms in total. The Kier molecular flexibility index (Phi) is 5.13. The summed E-state index contributed by atoms with van der Waals surface area (Å²) in [7, 11) is 0. The lowest BCUT2D eigenvalue weighted by atomic mass is 10.2. The molecule has 1 aromatic rings. The number of hydrogen-bond acceptors (Lipinski definition) is 1. The van der Waals surface area contributed by atoms with E-state index in [2.05, 4.69) is 21.2 Å². The molecule has 0 spiro atoms. The van der Waals surface area contributed by atoms with Crippen molar-refractivity contribution in [2.45, 2.75) is 31.9 Å². The Morgan fingerprint density at radius 1 is 1.10 bits per heavy atom. The molecule has 7 heteroatoms. The highest BCUT2D eigenvalue weighted by Crippen LogP contribution is 2.33. The molecule has 0 unspecified atom stereocenters. The van der Waals surface area contributed by atoms with Gasteiger partial charge in [0.15, 0.2) is 0 Å². The van der Waals surface area contributed by atoms with Gasteiger partial charge in [-0.25, -0.2) is 4.79 Å². The first kappa shape index (κ1) is 16.1. The van der Waals surface area contributed by atoms with Crippen LogP contribution in [0.3, 0.4) is 0 Å². The van der Waals surface area contributed by atoms with Gasteiger partial charge in [-0.05, 0) is 31.0 Å². The average Bonchev–Trinajstić information content (AvgIpc) is 2.65. The summed E-state index contributed by atoms with van der Waals surface area (Å²) in [5.74, 6) is 0. The molecular formula is C14H16BrF3N2O. The van der Waals surface area contributed by atoms with Crippen LogP contribution < -0.4 is 5.32 Å². The van der Waals surface area contributed by atoms with E-state index in [-0.39, 0.29) is 16.2 Å². The first-order valence-corrected chi connectivity index (χ1v) is 7.59. The van der Waals surface area contributed by atoms with Crippen molar-refractivity contribution in [3.05, 3.63) is 28.2 Å². The first-order chi connectivity index (χ1) is 9.86. The van der Waals surface area contributed by atoms with E-state index in [0.717, 1.165) is 37.8 Å². The molecule has 1 aliphatic rings. The second-order valence-corrected chi connectivity index (χ2v) is 5.97. The highest BCUT2D eigenvalue weighted by atomic mass is 79.9. The maximum atomic E-state index is 12.7. The van der Waals surface area contributed by atoms with Gasteiger partial charge in [0, 0.05) is 23.2 Å². The van der Waals surface area contributed by atoms with Gasteiger partial charge in [-0.1, -0.05) is 28.8 Å². The maximum Gasteiger partial charge on any atom is 0.416 e. The standard InChI is InChI=1S/C14H16BrF3N2O/c15-11-7-10(14(16,17)18)8-12(9-11)19-13(21)20-5-3-1-2-4-6-20/h7-9H,1-6H2,(H,19,21). The number of rotatable bonds is 1. The number of hydrogen-bond donors (Lipinski definition) is 1. The molecule has 1 aromatic carbocycles. The minimum atomic E-state index is -4.44. The van der Waals surface area contributed by atoms with E-state index in [9.17, 15) is 18.0 Å². The molecule has 1 N–H and O–H groups in total. The van der Waals surface area contributed by atoms with Gasteiger partial charge in [-0.2, -0.15) is 13.2 Å². The van der Waals surface area contributed by atoms with Gasteiger partial charge in [0.2, 0.25) is 0 Å². The highest BCUT2D eigenvalue weighted by molar-refractivity contribution is 9.10. The lowest BCUT2D eigenvalue weighted by molar-refractivity contribution is -0.137. The van der Waals surface area contributed by atoms with Crippen molar-refractivity contribution in [3.8, 4) is 0 Å². The Hall–Kier alpha value is -1.24. The van der Waals surface area contributed by atoms with Crippen LogP contribution in [0.4, 0.5) is 23.7 Å². The fourth-order valence-corrected chi connectivity index (χ4v) is 2.80. The Morgan fingerprint density at radius 2 is 1.71 bits per heavy atom. The van der Waals surface area contributed by atoms with Crippen molar-refractivity contribution in [2.75, 3.05) is 18.4 Å². The molecule has 0 atom stereocenters. The van der Waals surface area contributed by atoms with Crippen LogP contribution in [-0.4, -0.2) is 24.0 Å². The Balaban J connectivity index is 2.11. The normalized spacial score (nSPS) is 16.5. The maximum absolute atomic E-state index is 12.7. The molecule has 1 fully saturated rings. The summed E-state index contributed by atoms with van der Waals surface area (Å²) >= 11 is 3.04. The van der Waals surface area contributed by atoms with Crippen molar-refractivity contribution in [3.63, 3.8) is 0 Å². The van der Waals surface area contributed by atoms with E-state index in [1.807, 2.05) is 0 Å². The van der Waals surface area contributed by atoms with Gasteiger partial charge in [0.25, 0.3) is 0 Å². The third-order valence-electron chi connectivity index (χ3n) is 3.37. The number of benzene rings is 1. The van der Waals surface area contributed by atoms with E-state index in [0.29, 0.717) is 13.1 Å². The average molecular weight is 365 g/mol. The quantitative estimate of drug-likeness (QED) is 0.756. The number of amides is 2. The zero-order valence-corrected chi connectivity index (χ0v) is 12.9. The fourth-order valence-electron chi connectivity index (χ4n) is 2.30. The number of urea groups is 1. The van der Waals surface area contributed by atoms with Gasteiger partial charge in [-0.15, -0.1) is 0 Å². The number of nitrogens with zero attached hydrogens (tertiary/aromatic N) is 1. The van der Waals surface area contributed by atoms with Gasteiger partial charge >= 0.3 is 12.2 Å². The highest BCUT2D eigenvalue weighted by Gasteiger charge is 2.31. The Labute approximate surface area is 129 Å². The lowest BCUT2D eigenvalue weighted by Crippen LogP contribution is -2.35. The second-order valence-electron chi connectivity index (χ2n) is 5.06. The van der Waals surface area contributed by atoms with Gasteiger partial charge < -0.3 is 10.2 Å². The van der Waals surface area contributed by atoms with E-state index in [4.69, 9.17) is 0 Å². The molecule has 0 aliphatic carbocycles. The molecular weight excluding hydrogens is 349 g/mol. The zero-order valence-electron chi connectivity index (χ0n) is 11.3. The number of halogens is 4. The number of carbonyl (C=O) groups is 1. The van der Waals surface area contributed by atoms with Crippen LogP contribution in [-0.2, 0) is 6.18 Å². The molecule has 0 saturated carbocycles. The zero-order chi connectivity index (χ0) is 15.5. The van der Waals surface area contributed by atoms with E-state index >= 15 is 0 Å². The second kappa shape index (κ2) is 6.68. The summed E-state index contributed by atoms with van der Waals surface area (Å²) in [6, 6.07) is 3.05. The molecule has 0 aromatic heterocycles. The van der Waals surface area contributed by atoms with Crippen molar-refractivity contribution < 1.29 is 18.0 Å². The number of nitrogens with one attached hydrogen (secondary N) is 1. The predicted molar refractivity (Wildman–Crippen MR) is 78.2 cm³/mol. The molecule has 0 bridgehead atoms. The Bertz CT molecular complexity index is 511. The molecule has 116 valence electrons. The van der Waals surface area contributed by atoms with Crippen LogP contribution in [0.2, 0.25) is 0 Å². The molecule has 1 saturated heterocycles. The van der Waals surface area contributed by atoms with Crippen LogP contribution >= 0.6 is 15.9 Å². The number of likely N-dealkylation sites (tertiary alicyclic amines) is 1. The third-order valence-corrected chi connectivity index (χ3v) is 3.83.